The lowest BCUT2D eigenvalue weighted by atomic mass is 9.60. The number of nitrogens with zero attached hydrogens (tertiary/aromatic N) is 1. The number of carbonyl (C=O) groups excluding carboxylic acids is 1. The first kappa shape index (κ1) is 15.4. The molecule has 1 spiro atoms. The largest absolute Gasteiger partial charge is 0.466 e. The minimum Gasteiger partial charge on any atom is -0.466 e. The molecule has 132 valence electrons. The van der Waals surface area contributed by atoms with Crippen molar-refractivity contribution in [2.24, 2.45) is 11.8 Å². The van der Waals surface area contributed by atoms with E-state index in [1.165, 1.54) is 12.7 Å². The molecule has 1 aromatic carbocycles. The van der Waals surface area contributed by atoms with Crippen molar-refractivity contribution in [2.45, 2.75) is 37.3 Å². The van der Waals surface area contributed by atoms with Gasteiger partial charge in [-0.15, -0.1) is 0 Å². The van der Waals surface area contributed by atoms with Gasteiger partial charge in [0, 0.05) is 35.8 Å². The van der Waals surface area contributed by atoms with Crippen LogP contribution in [0.2, 0.25) is 0 Å². The Hall–Kier alpha value is -1.85. The topological polar surface area (TPSA) is 61.8 Å². The predicted octanol–water partition coefficient (Wildman–Crippen LogP) is 1.88. The first-order valence-corrected chi connectivity index (χ1v) is 9.19. The summed E-state index contributed by atoms with van der Waals surface area (Å²) in [5.41, 5.74) is 4.10. The van der Waals surface area contributed by atoms with E-state index in [9.17, 15) is 9.90 Å². The van der Waals surface area contributed by atoms with Crippen molar-refractivity contribution < 1.29 is 14.6 Å². The maximum absolute atomic E-state index is 12.8. The van der Waals surface area contributed by atoms with Crippen LogP contribution in [0.5, 0.6) is 0 Å². The summed E-state index contributed by atoms with van der Waals surface area (Å²) in [6.45, 7) is 3.71. The number of ether oxygens (including phenoxy) is 1. The summed E-state index contributed by atoms with van der Waals surface area (Å²) in [6, 6.07) is 8.83. The Labute approximate surface area is 147 Å². The summed E-state index contributed by atoms with van der Waals surface area (Å²) in [6.07, 6.45) is 1.49. The molecule has 0 radical (unpaired) electrons. The molecule has 1 aliphatic carbocycles. The highest BCUT2D eigenvalue weighted by Crippen LogP contribution is 2.61. The maximum Gasteiger partial charge on any atom is 0.335 e. The van der Waals surface area contributed by atoms with Crippen molar-refractivity contribution in [2.75, 3.05) is 25.5 Å². The van der Waals surface area contributed by atoms with Gasteiger partial charge in [0.2, 0.25) is 0 Å². The zero-order chi connectivity index (χ0) is 17.3. The van der Waals surface area contributed by atoms with Crippen LogP contribution < -0.4 is 5.32 Å². The van der Waals surface area contributed by atoms with Crippen molar-refractivity contribution in [3.05, 3.63) is 41.1 Å². The number of aliphatic hydroxyl groups is 1. The molecular weight excluding hydrogens is 316 g/mol. The van der Waals surface area contributed by atoms with Crippen LogP contribution in [0, 0.1) is 11.8 Å². The number of hydrogen-bond acceptors (Lipinski definition) is 5. The van der Waals surface area contributed by atoms with E-state index in [2.05, 4.69) is 28.4 Å². The van der Waals surface area contributed by atoms with Gasteiger partial charge in [0.1, 0.15) is 0 Å². The number of carbonyl (C=O) groups is 1. The number of piperidine rings is 1. The van der Waals surface area contributed by atoms with E-state index in [4.69, 9.17) is 4.74 Å². The summed E-state index contributed by atoms with van der Waals surface area (Å²) in [7, 11) is 1.46. The average Bonchev–Trinajstić information content (AvgIpc) is 3.17. The molecule has 1 aromatic rings. The zero-order valence-electron chi connectivity index (χ0n) is 14.7. The Balaban J connectivity index is 1.78. The molecule has 5 heteroatoms. The Morgan fingerprint density at radius 1 is 1.44 bits per heavy atom. The second-order valence-corrected chi connectivity index (χ2v) is 7.93. The van der Waals surface area contributed by atoms with Crippen molar-refractivity contribution in [3.63, 3.8) is 0 Å². The van der Waals surface area contributed by atoms with Crippen LogP contribution in [0.4, 0.5) is 5.69 Å². The van der Waals surface area contributed by atoms with Gasteiger partial charge in [-0.2, -0.15) is 0 Å². The third kappa shape index (κ3) is 1.78. The van der Waals surface area contributed by atoms with E-state index >= 15 is 0 Å². The van der Waals surface area contributed by atoms with Crippen molar-refractivity contribution >= 4 is 11.7 Å². The number of aliphatic hydroxyl groups excluding tert-OH is 1. The zero-order valence-corrected chi connectivity index (χ0v) is 14.7. The second kappa shape index (κ2) is 5.08. The smallest absolute Gasteiger partial charge is 0.335 e. The van der Waals surface area contributed by atoms with E-state index in [-0.39, 0.29) is 23.2 Å². The van der Waals surface area contributed by atoms with Crippen LogP contribution in [0.3, 0.4) is 0 Å². The van der Waals surface area contributed by atoms with Crippen molar-refractivity contribution in [1.82, 2.24) is 4.90 Å². The number of anilines is 1. The fraction of sp³-hybridized carbons (Fsp3) is 0.550. The van der Waals surface area contributed by atoms with E-state index in [1.807, 2.05) is 13.0 Å². The van der Waals surface area contributed by atoms with E-state index in [1.54, 1.807) is 0 Å². The molecule has 5 rings (SSSR count). The van der Waals surface area contributed by atoms with Gasteiger partial charge in [0.05, 0.1) is 24.2 Å². The molecule has 2 N–H and O–H groups in total. The van der Waals surface area contributed by atoms with Crippen LogP contribution in [-0.2, 0) is 14.9 Å². The fourth-order valence-electron chi connectivity index (χ4n) is 5.98. The Bertz CT molecular complexity index is 787. The van der Waals surface area contributed by atoms with Gasteiger partial charge in [-0.25, -0.2) is 4.79 Å². The molecule has 5 nitrogen and oxygen atoms in total. The Kier molecular flexibility index (Phi) is 3.13. The predicted molar refractivity (Wildman–Crippen MR) is 94.0 cm³/mol. The summed E-state index contributed by atoms with van der Waals surface area (Å²) in [5, 5.41) is 14.0. The van der Waals surface area contributed by atoms with E-state index < -0.39 is 6.10 Å². The van der Waals surface area contributed by atoms with Gasteiger partial charge in [-0.05, 0) is 37.9 Å². The van der Waals surface area contributed by atoms with Crippen molar-refractivity contribution in [3.8, 4) is 0 Å². The van der Waals surface area contributed by atoms with Gasteiger partial charge in [-0.3, -0.25) is 4.90 Å². The molecule has 3 heterocycles. The van der Waals surface area contributed by atoms with Gasteiger partial charge >= 0.3 is 5.97 Å². The first-order valence-electron chi connectivity index (χ1n) is 9.19. The highest BCUT2D eigenvalue weighted by Gasteiger charge is 2.63. The minimum atomic E-state index is -0.442. The van der Waals surface area contributed by atoms with E-state index in [0.29, 0.717) is 6.04 Å². The number of para-hydroxylation sites is 1. The molecule has 3 aliphatic heterocycles. The molecule has 25 heavy (non-hydrogen) atoms. The van der Waals surface area contributed by atoms with Gasteiger partial charge < -0.3 is 15.2 Å². The third-order valence-electron chi connectivity index (χ3n) is 7.02. The van der Waals surface area contributed by atoms with Crippen LogP contribution in [0.15, 0.2) is 35.5 Å². The monoisotopic (exact) mass is 340 g/mol. The SMILES string of the molecule is COC(=O)C1=C2Nc3ccccc3[C@@]23CCN2C[C@H]([C@H](C)O)[C@@H]1C[C@H]23. The minimum absolute atomic E-state index is 0.0525. The fourth-order valence-corrected chi connectivity index (χ4v) is 5.98. The number of benzene rings is 1. The Morgan fingerprint density at radius 3 is 3.00 bits per heavy atom. The van der Waals surface area contributed by atoms with Gasteiger partial charge in [0.15, 0.2) is 0 Å². The number of fused-ring (bicyclic) bond motifs is 2. The summed E-state index contributed by atoms with van der Waals surface area (Å²) >= 11 is 0. The lowest BCUT2D eigenvalue weighted by molar-refractivity contribution is -0.138. The summed E-state index contributed by atoms with van der Waals surface area (Å²) in [4.78, 5) is 15.3. The van der Waals surface area contributed by atoms with Crippen LogP contribution in [0.25, 0.3) is 0 Å². The molecule has 2 fully saturated rings. The highest BCUT2D eigenvalue weighted by molar-refractivity contribution is 5.93. The lowest BCUT2D eigenvalue weighted by Crippen LogP contribution is -2.57. The molecule has 2 bridgehead atoms. The molecule has 0 aromatic heterocycles. The number of rotatable bonds is 2. The number of hydrogen-bond donors (Lipinski definition) is 2. The van der Waals surface area contributed by atoms with Gasteiger partial charge in [-0.1, -0.05) is 18.2 Å². The normalized spacial score (nSPS) is 36.5. The number of esters is 1. The summed E-state index contributed by atoms with van der Waals surface area (Å²) in [5.74, 6) is -0.125. The molecular formula is C20H24N2O3. The van der Waals surface area contributed by atoms with Crippen LogP contribution in [-0.4, -0.2) is 48.3 Å². The average molecular weight is 340 g/mol. The molecule has 0 saturated carbocycles. The second-order valence-electron chi connectivity index (χ2n) is 7.93. The number of methoxy groups -OCH3 is 1. The highest BCUT2D eigenvalue weighted by atomic mass is 16.5. The first-order chi connectivity index (χ1) is 12.1. The van der Waals surface area contributed by atoms with Gasteiger partial charge in [0.25, 0.3) is 0 Å². The standard InChI is InChI=1S/C20H24N2O3/c1-11(23)13-10-22-8-7-20-14-5-3-4-6-15(14)21-18(20)17(19(24)25-2)12(13)9-16(20)22/h3-6,11-13,16,21,23H,7-10H2,1-2H3/t11-,12-,13+,16-,20+/m0/s1. The quantitative estimate of drug-likeness (QED) is 0.805. The molecule has 5 atom stereocenters. The third-order valence-corrected chi connectivity index (χ3v) is 7.02. The molecule has 0 unspecified atom stereocenters. The van der Waals surface area contributed by atoms with E-state index in [0.717, 1.165) is 42.9 Å². The molecule has 2 saturated heterocycles. The number of nitrogens with one attached hydrogen (secondary N) is 1. The van der Waals surface area contributed by atoms with Crippen LogP contribution >= 0.6 is 0 Å². The van der Waals surface area contributed by atoms with Crippen LogP contribution in [0.1, 0.15) is 25.3 Å². The Morgan fingerprint density at radius 2 is 2.24 bits per heavy atom. The molecule has 0 amide bonds. The van der Waals surface area contributed by atoms with Crippen molar-refractivity contribution in [1.29, 1.82) is 0 Å². The molecule has 4 aliphatic rings. The summed E-state index contributed by atoms with van der Waals surface area (Å²) < 4.78 is 5.19. The lowest BCUT2D eigenvalue weighted by Gasteiger charge is -2.51. The maximum atomic E-state index is 12.8.